The van der Waals surface area contributed by atoms with Gasteiger partial charge in [0.15, 0.2) is 0 Å². The number of hydrogen-bond donors (Lipinski definition) is 1. The lowest BCUT2D eigenvalue weighted by molar-refractivity contribution is 0.968. The minimum absolute atomic E-state index is 0.528. The first-order valence-corrected chi connectivity index (χ1v) is 8.00. The highest BCUT2D eigenvalue weighted by Gasteiger charge is 2.08. The quantitative estimate of drug-likeness (QED) is 0.726. The molecular weight excluding hydrogens is 296 g/mol. The van der Waals surface area contributed by atoms with Crippen LogP contribution in [0.2, 0.25) is 0 Å². The van der Waals surface area contributed by atoms with Gasteiger partial charge in [-0.15, -0.1) is 0 Å². The summed E-state index contributed by atoms with van der Waals surface area (Å²) in [6.45, 7) is 5.11. The van der Waals surface area contributed by atoms with E-state index in [1.54, 1.807) is 0 Å². The second-order valence-electron chi connectivity index (χ2n) is 5.88. The van der Waals surface area contributed by atoms with E-state index in [2.05, 4.69) is 47.0 Å². The van der Waals surface area contributed by atoms with Gasteiger partial charge in [-0.2, -0.15) is 5.26 Å². The number of aromatic amines is 1. The fourth-order valence-electron chi connectivity index (χ4n) is 2.58. The Hall–Kier alpha value is -3.06. The molecule has 0 aliphatic rings. The van der Waals surface area contributed by atoms with Crippen molar-refractivity contribution in [3.63, 3.8) is 0 Å². The fraction of sp³-hybridized carbons (Fsp3) is 0.200. The van der Waals surface area contributed by atoms with E-state index in [1.807, 2.05) is 43.3 Å². The molecule has 1 N–H and O–H groups in total. The van der Waals surface area contributed by atoms with Crippen molar-refractivity contribution < 1.29 is 0 Å². The Morgan fingerprint density at radius 3 is 2.67 bits per heavy atom. The van der Waals surface area contributed by atoms with Crippen LogP contribution in [0, 0.1) is 18.3 Å². The van der Waals surface area contributed by atoms with Crippen molar-refractivity contribution in [1.29, 1.82) is 5.26 Å². The molecule has 0 amide bonds. The average Bonchev–Trinajstić information content (AvgIpc) is 3.02. The zero-order valence-corrected chi connectivity index (χ0v) is 14.2. The summed E-state index contributed by atoms with van der Waals surface area (Å²) in [6, 6.07) is 16.4. The van der Waals surface area contributed by atoms with Crippen LogP contribution < -0.4 is 4.90 Å². The van der Waals surface area contributed by atoms with E-state index in [9.17, 15) is 5.26 Å². The van der Waals surface area contributed by atoms with Crippen molar-refractivity contribution in [2.24, 2.45) is 0 Å². The molecule has 1 aromatic heterocycles. The fourth-order valence-corrected chi connectivity index (χ4v) is 2.58. The Balaban J connectivity index is 1.95. The Morgan fingerprint density at radius 1 is 1.25 bits per heavy atom. The zero-order valence-electron chi connectivity index (χ0n) is 14.2. The molecule has 0 fully saturated rings. The molecule has 0 unspecified atom stereocenters. The largest absolute Gasteiger partial charge is 0.375 e. The highest BCUT2D eigenvalue weighted by molar-refractivity contribution is 5.90. The summed E-state index contributed by atoms with van der Waals surface area (Å²) < 4.78 is 0. The van der Waals surface area contributed by atoms with Crippen LogP contribution in [0.5, 0.6) is 0 Å². The van der Waals surface area contributed by atoms with Crippen LogP contribution in [0.1, 0.15) is 23.9 Å². The number of hydrogen-bond acceptors (Lipinski definition) is 3. The molecule has 0 atom stereocenters. The predicted octanol–water partition coefficient (Wildman–Crippen LogP) is 4.39. The number of anilines is 1. The number of benzene rings is 2. The molecule has 4 nitrogen and oxygen atoms in total. The second kappa shape index (κ2) is 6.59. The molecular formula is C20H20N4. The van der Waals surface area contributed by atoms with Gasteiger partial charge in [0.1, 0.15) is 11.9 Å². The number of aromatic nitrogens is 2. The molecule has 0 bridgehead atoms. The first-order valence-electron chi connectivity index (χ1n) is 8.00. The number of nitriles is 1. The van der Waals surface area contributed by atoms with Crippen LogP contribution in [-0.2, 0) is 0 Å². The molecule has 4 heteroatoms. The molecule has 3 aromatic rings. The monoisotopic (exact) mass is 316 g/mol. The van der Waals surface area contributed by atoms with Gasteiger partial charge < -0.3 is 9.88 Å². The van der Waals surface area contributed by atoms with Crippen molar-refractivity contribution >= 4 is 28.4 Å². The number of aryl methyl sites for hydroxylation is 1. The molecule has 0 saturated heterocycles. The summed E-state index contributed by atoms with van der Waals surface area (Å²) in [5, 5.41) is 9.51. The van der Waals surface area contributed by atoms with Gasteiger partial charge in [-0.25, -0.2) is 4.98 Å². The SMILES string of the molecule is CCN(C)c1ccc(/C=C(\C#N)c2nc3ccc(C)cc3[nH]2)cc1. The highest BCUT2D eigenvalue weighted by Crippen LogP contribution is 2.21. The highest BCUT2D eigenvalue weighted by atomic mass is 15.1. The molecule has 2 aromatic carbocycles. The normalized spacial score (nSPS) is 11.5. The molecule has 3 rings (SSSR count). The van der Waals surface area contributed by atoms with Crippen LogP contribution in [0.3, 0.4) is 0 Å². The van der Waals surface area contributed by atoms with Crippen LogP contribution in [-0.4, -0.2) is 23.6 Å². The van der Waals surface area contributed by atoms with Crippen molar-refractivity contribution in [2.75, 3.05) is 18.5 Å². The summed E-state index contributed by atoms with van der Waals surface area (Å²) in [5.74, 6) is 0.604. The van der Waals surface area contributed by atoms with E-state index in [-0.39, 0.29) is 0 Å². The number of imidazole rings is 1. The third kappa shape index (κ3) is 3.16. The molecule has 120 valence electrons. The summed E-state index contributed by atoms with van der Waals surface area (Å²) >= 11 is 0. The first kappa shape index (κ1) is 15.8. The molecule has 0 radical (unpaired) electrons. The maximum Gasteiger partial charge on any atom is 0.149 e. The van der Waals surface area contributed by atoms with Gasteiger partial charge in [0, 0.05) is 19.3 Å². The Labute approximate surface area is 142 Å². The van der Waals surface area contributed by atoms with Gasteiger partial charge in [0.05, 0.1) is 16.6 Å². The van der Waals surface area contributed by atoms with Gasteiger partial charge in [-0.3, -0.25) is 0 Å². The number of nitrogens with one attached hydrogen (secondary N) is 1. The van der Waals surface area contributed by atoms with E-state index in [0.29, 0.717) is 11.4 Å². The van der Waals surface area contributed by atoms with Crippen LogP contribution >= 0.6 is 0 Å². The van der Waals surface area contributed by atoms with Gasteiger partial charge in [-0.1, -0.05) is 18.2 Å². The first-order chi connectivity index (χ1) is 11.6. The lowest BCUT2D eigenvalue weighted by atomic mass is 10.1. The van der Waals surface area contributed by atoms with E-state index in [1.165, 1.54) is 0 Å². The summed E-state index contributed by atoms with van der Waals surface area (Å²) in [5.41, 5.74) is 5.66. The second-order valence-corrected chi connectivity index (χ2v) is 5.88. The van der Waals surface area contributed by atoms with Crippen LogP contribution in [0.15, 0.2) is 42.5 Å². The molecule has 0 saturated carbocycles. The predicted molar refractivity (Wildman–Crippen MR) is 99.7 cm³/mol. The van der Waals surface area contributed by atoms with E-state index >= 15 is 0 Å². The molecule has 0 aliphatic heterocycles. The number of H-pyrrole nitrogens is 1. The summed E-state index contributed by atoms with van der Waals surface area (Å²) in [7, 11) is 2.06. The van der Waals surface area contributed by atoms with Gasteiger partial charge in [-0.05, 0) is 55.3 Å². The topological polar surface area (TPSA) is 55.7 Å². The zero-order chi connectivity index (χ0) is 17.1. The number of nitrogens with zero attached hydrogens (tertiary/aromatic N) is 3. The molecule has 24 heavy (non-hydrogen) atoms. The molecule has 0 spiro atoms. The third-order valence-corrected chi connectivity index (χ3v) is 4.13. The summed E-state index contributed by atoms with van der Waals surface area (Å²) in [6.07, 6.45) is 1.86. The van der Waals surface area contributed by atoms with E-state index in [0.717, 1.165) is 34.4 Å². The Kier molecular flexibility index (Phi) is 4.35. The van der Waals surface area contributed by atoms with E-state index in [4.69, 9.17) is 0 Å². The van der Waals surface area contributed by atoms with Crippen LogP contribution in [0.25, 0.3) is 22.7 Å². The van der Waals surface area contributed by atoms with Crippen LogP contribution in [0.4, 0.5) is 5.69 Å². The standard InChI is InChI=1S/C20H20N4/c1-4-24(3)17-8-6-15(7-9-17)12-16(13-21)20-22-18-10-5-14(2)11-19(18)23-20/h5-12H,4H2,1-3H3,(H,22,23)/b16-12+. The van der Waals surface area contributed by atoms with Crippen molar-refractivity contribution in [3.05, 3.63) is 59.4 Å². The Morgan fingerprint density at radius 2 is 2.00 bits per heavy atom. The number of fused-ring (bicyclic) bond motifs is 1. The number of allylic oxidation sites excluding steroid dienone is 1. The van der Waals surface area contributed by atoms with Crippen molar-refractivity contribution in [2.45, 2.75) is 13.8 Å². The van der Waals surface area contributed by atoms with E-state index < -0.39 is 0 Å². The van der Waals surface area contributed by atoms with Crippen molar-refractivity contribution in [3.8, 4) is 6.07 Å². The molecule has 1 heterocycles. The Bertz CT molecular complexity index is 926. The maximum absolute atomic E-state index is 9.51. The maximum atomic E-state index is 9.51. The number of rotatable bonds is 4. The van der Waals surface area contributed by atoms with Gasteiger partial charge >= 0.3 is 0 Å². The summed E-state index contributed by atoms with van der Waals surface area (Å²) in [4.78, 5) is 9.93. The molecule has 0 aliphatic carbocycles. The average molecular weight is 316 g/mol. The lowest BCUT2D eigenvalue weighted by Crippen LogP contribution is -2.15. The minimum atomic E-state index is 0.528. The van der Waals surface area contributed by atoms with Crippen molar-refractivity contribution in [1.82, 2.24) is 9.97 Å². The lowest BCUT2D eigenvalue weighted by Gasteiger charge is -2.16. The van der Waals surface area contributed by atoms with Gasteiger partial charge in [0.25, 0.3) is 0 Å². The minimum Gasteiger partial charge on any atom is -0.375 e. The van der Waals surface area contributed by atoms with Gasteiger partial charge in [0.2, 0.25) is 0 Å². The smallest absolute Gasteiger partial charge is 0.149 e. The third-order valence-electron chi connectivity index (χ3n) is 4.13.